The van der Waals surface area contributed by atoms with Gasteiger partial charge in [0.25, 0.3) is 11.7 Å². The van der Waals surface area contributed by atoms with E-state index in [1.165, 1.54) is 18.1 Å². The second-order valence-electron chi connectivity index (χ2n) is 7.46. The number of amides is 1. The van der Waals surface area contributed by atoms with Crippen LogP contribution in [0.3, 0.4) is 0 Å². The maximum atomic E-state index is 13.1. The highest BCUT2D eigenvalue weighted by atomic mass is 35.5. The predicted octanol–water partition coefficient (Wildman–Crippen LogP) is 3.82. The first-order chi connectivity index (χ1) is 15.3. The van der Waals surface area contributed by atoms with Crippen LogP contribution in [0.1, 0.15) is 31.0 Å². The lowest BCUT2D eigenvalue weighted by Crippen LogP contribution is -2.38. The molecule has 8 heteroatoms. The number of nitrogens with zero attached hydrogens (tertiary/aromatic N) is 2. The Hall–Kier alpha value is -3.03. The van der Waals surface area contributed by atoms with E-state index in [0.717, 1.165) is 13.1 Å². The minimum absolute atomic E-state index is 0.00962. The summed E-state index contributed by atoms with van der Waals surface area (Å²) in [4.78, 5) is 29.7. The Labute approximate surface area is 192 Å². The number of Topliss-reactive ketones (excluding diaryl/α,β-unsaturated/α-hetero) is 1. The number of phenols is 1. The quantitative estimate of drug-likeness (QED) is 0.355. The monoisotopic (exact) mass is 458 g/mol. The summed E-state index contributed by atoms with van der Waals surface area (Å²) in [6.07, 6.45) is 0. The van der Waals surface area contributed by atoms with Crippen LogP contribution in [0.5, 0.6) is 11.5 Å². The number of aliphatic hydroxyl groups excluding tert-OH is 1. The molecular weight excluding hydrogens is 432 g/mol. The summed E-state index contributed by atoms with van der Waals surface area (Å²) in [7, 11) is 1.42. The lowest BCUT2D eigenvalue weighted by Gasteiger charge is -2.28. The molecule has 1 aliphatic rings. The minimum Gasteiger partial charge on any atom is -0.507 e. The van der Waals surface area contributed by atoms with Crippen molar-refractivity contribution in [2.75, 3.05) is 33.3 Å². The molecular formula is C24H27ClN2O5. The predicted molar refractivity (Wildman–Crippen MR) is 123 cm³/mol. The van der Waals surface area contributed by atoms with Crippen molar-refractivity contribution in [3.05, 3.63) is 64.2 Å². The fraction of sp³-hybridized carbons (Fsp3) is 0.333. The van der Waals surface area contributed by atoms with Gasteiger partial charge in [-0.05, 0) is 55.1 Å². The lowest BCUT2D eigenvalue weighted by atomic mass is 9.95. The summed E-state index contributed by atoms with van der Waals surface area (Å²) in [6, 6.07) is 10.2. The summed E-state index contributed by atoms with van der Waals surface area (Å²) in [5.74, 6) is -1.56. The van der Waals surface area contributed by atoms with Crippen molar-refractivity contribution in [1.29, 1.82) is 0 Å². The number of rotatable bonds is 8. The molecule has 0 spiro atoms. The number of likely N-dealkylation sites (N-methyl/N-ethyl adjacent to an activating group) is 1. The van der Waals surface area contributed by atoms with E-state index in [-0.39, 0.29) is 22.8 Å². The van der Waals surface area contributed by atoms with Gasteiger partial charge in [-0.2, -0.15) is 0 Å². The largest absolute Gasteiger partial charge is 0.507 e. The highest BCUT2D eigenvalue weighted by Gasteiger charge is 2.46. The van der Waals surface area contributed by atoms with Gasteiger partial charge in [-0.3, -0.25) is 9.59 Å². The smallest absolute Gasteiger partial charge is 0.295 e. The number of benzene rings is 2. The first kappa shape index (κ1) is 23.6. The minimum atomic E-state index is -0.823. The third-order valence-corrected chi connectivity index (χ3v) is 5.98. The SMILES string of the molecule is CCN(CC)CCN1C(=O)C(=O)/C(=C(/O)c2ccc(Cl)cc2)C1c1ccc(O)c(OC)c1. The van der Waals surface area contributed by atoms with Crippen molar-refractivity contribution in [3.8, 4) is 11.5 Å². The summed E-state index contributed by atoms with van der Waals surface area (Å²) in [5, 5.41) is 21.5. The number of aromatic hydroxyl groups is 1. The molecule has 2 aromatic carbocycles. The molecule has 0 radical (unpaired) electrons. The summed E-state index contributed by atoms with van der Waals surface area (Å²) in [5.41, 5.74) is 0.922. The number of ether oxygens (including phenoxy) is 1. The van der Waals surface area contributed by atoms with Crippen molar-refractivity contribution in [1.82, 2.24) is 9.80 Å². The molecule has 1 fully saturated rings. The number of hydrogen-bond acceptors (Lipinski definition) is 6. The number of likely N-dealkylation sites (tertiary alicyclic amines) is 1. The highest BCUT2D eigenvalue weighted by Crippen LogP contribution is 2.41. The van der Waals surface area contributed by atoms with Crippen molar-refractivity contribution >= 4 is 29.1 Å². The van der Waals surface area contributed by atoms with Crippen molar-refractivity contribution < 1.29 is 24.5 Å². The molecule has 3 rings (SSSR count). The number of halogens is 1. The molecule has 1 unspecified atom stereocenters. The number of hydrogen-bond donors (Lipinski definition) is 2. The fourth-order valence-electron chi connectivity index (χ4n) is 3.87. The molecule has 32 heavy (non-hydrogen) atoms. The van der Waals surface area contributed by atoms with E-state index in [2.05, 4.69) is 4.90 Å². The molecule has 7 nitrogen and oxygen atoms in total. The van der Waals surface area contributed by atoms with Gasteiger partial charge in [0, 0.05) is 23.7 Å². The van der Waals surface area contributed by atoms with Crippen LogP contribution in [-0.4, -0.2) is 65.0 Å². The van der Waals surface area contributed by atoms with Gasteiger partial charge >= 0.3 is 0 Å². The number of aliphatic hydroxyl groups is 1. The second kappa shape index (κ2) is 10.1. The molecule has 0 bridgehead atoms. The van der Waals surface area contributed by atoms with Gasteiger partial charge in [-0.15, -0.1) is 0 Å². The van der Waals surface area contributed by atoms with Crippen LogP contribution < -0.4 is 4.74 Å². The topological polar surface area (TPSA) is 90.3 Å². The molecule has 2 aromatic rings. The van der Waals surface area contributed by atoms with Crippen molar-refractivity contribution in [2.24, 2.45) is 0 Å². The molecule has 0 saturated carbocycles. The molecule has 1 atom stereocenters. The van der Waals surface area contributed by atoms with E-state index in [9.17, 15) is 19.8 Å². The van der Waals surface area contributed by atoms with Crippen LogP contribution in [0.2, 0.25) is 5.02 Å². The molecule has 1 aliphatic heterocycles. The third-order valence-electron chi connectivity index (χ3n) is 5.73. The zero-order valence-corrected chi connectivity index (χ0v) is 19.1. The van der Waals surface area contributed by atoms with Crippen LogP contribution in [0.25, 0.3) is 5.76 Å². The Morgan fingerprint density at radius 2 is 1.78 bits per heavy atom. The van der Waals surface area contributed by atoms with E-state index >= 15 is 0 Å². The van der Waals surface area contributed by atoms with E-state index in [1.807, 2.05) is 13.8 Å². The van der Waals surface area contributed by atoms with E-state index in [4.69, 9.17) is 16.3 Å². The molecule has 1 saturated heterocycles. The van der Waals surface area contributed by atoms with Crippen LogP contribution >= 0.6 is 11.6 Å². The Bertz CT molecular complexity index is 1030. The van der Waals surface area contributed by atoms with Crippen LogP contribution in [-0.2, 0) is 9.59 Å². The highest BCUT2D eigenvalue weighted by molar-refractivity contribution is 6.46. The Balaban J connectivity index is 2.13. The molecule has 0 aliphatic carbocycles. The Kier molecular flexibility index (Phi) is 7.43. The summed E-state index contributed by atoms with van der Waals surface area (Å²) in [6.45, 7) is 6.55. The average Bonchev–Trinajstić information content (AvgIpc) is 3.05. The maximum Gasteiger partial charge on any atom is 0.295 e. The van der Waals surface area contributed by atoms with Gasteiger partial charge in [0.15, 0.2) is 11.5 Å². The molecule has 0 aromatic heterocycles. The number of methoxy groups -OCH3 is 1. The number of carbonyl (C=O) groups excluding carboxylic acids is 2. The Morgan fingerprint density at radius 1 is 1.12 bits per heavy atom. The standard InChI is InChI=1S/C24H27ClN2O5/c1-4-26(5-2)12-13-27-21(16-8-11-18(28)19(14-16)32-3)20(23(30)24(27)31)22(29)15-6-9-17(25)10-7-15/h6-11,14,21,28-29H,4-5,12-13H2,1-3H3/b22-20+. The zero-order chi connectivity index (χ0) is 23.4. The number of ketones is 1. The number of carbonyl (C=O) groups is 2. The van der Waals surface area contributed by atoms with Gasteiger partial charge in [0.1, 0.15) is 5.76 Å². The van der Waals surface area contributed by atoms with Gasteiger partial charge in [-0.25, -0.2) is 0 Å². The number of phenolic OH excluding ortho intramolecular Hbond substituents is 1. The van der Waals surface area contributed by atoms with Crippen LogP contribution in [0.15, 0.2) is 48.0 Å². The lowest BCUT2D eigenvalue weighted by molar-refractivity contribution is -0.140. The average molecular weight is 459 g/mol. The molecule has 2 N–H and O–H groups in total. The summed E-state index contributed by atoms with van der Waals surface area (Å²) < 4.78 is 5.22. The molecule has 1 amide bonds. The first-order valence-corrected chi connectivity index (χ1v) is 10.8. The molecule has 1 heterocycles. The fourth-order valence-corrected chi connectivity index (χ4v) is 4.00. The Morgan fingerprint density at radius 3 is 2.38 bits per heavy atom. The molecule has 170 valence electrons. The first-order valence-electron chi connectivity index (χ1n) is 10.5. The van der Waals surface area contributed by atoms with E-state index in [0.29, 0.717) is 29.2 Å². The van der Waals surface area contributed by atoms with Gasteiger partial charge < -0.3 is 24.7 Å². The van der Waals surface area contributed by atoms with Gasteiger partial charge in [-0.1, -0.05) is 31.5 Å². The van der Waals surface area contributed by atoms with Crippen LogP contribution in [0.4, 0.5) is 0 Å². The van der Waals surface area contributed by atoms with E-state index in [1.54, 1.807) is 36.4 Å². The van der Waals surface area contributed by atoms with Crippen LogP contribution in [0, 0.1) is 0 Å². The third kappa shape index (κ3) is 4.59. The maximum absolute atomic E-state index is 13.1. The van der Waals surface area contributed by atoms with Gasteiger partial charge in [0.05, 0.1) is 18.7 Å². The van der Waals surface area contributed by atoms with Crippen molar-refractivity contribution in [2.45, 2.75) is 19.9 Å². The summed E-state index contributed by atoms with van der Waals surface area (Å²) >= 11 is 5.95. The van der Waals surface area contributed by atoms with Gasteiger partial charge in [0.2, 0.25) is 0 Å². The normalized spacial score (nSPS) is 17.9. The second-order valence-corrected chi connectivity index (χ2v) is 7.89. The van der Waals surface area contributed by atoms with Crippen molar-refractivity contribution in [3.63, 3.8) is 0 Å². The zero-order valence-electron chi connectivity index (χ0n) is 18.3. The van der Waals surface area contributed by atoms with E-state index < -0.39 is 17.7 Å².